The van der Waals surface area contributed by atoms with Crippen LogP contribution in [0.15, 0.2) is 35.3 Å². The topological polar surface area (TPSA) is 43.0 Å². The number of hydrogen-bond acceptors (Lipinski definition) is 3. The van der Waals surface area contributed by atoms with Gasteiger partial charge in [0.05, 0.1) is 18.3 Å². The smallest absolute Gasteiger partial charge is 0.103 e. The first kappa shape index (κ1) is 12.5. The van der Waals surface area contributed by atoms with E-state index in [9.17, 15) is 0 Å². The van der Waals surface area contributed by atoms with Gasteiger partial charge in [-0.3, -0.25) is 0 Å². The number of rotatable bonds is 5. The second-order valence-electron chi connectivity index (χ2n) is 5.34. The minimum atomic E-state index is 0.449. The summed E-state index contributed by atoms with van der Waals surface area (Å²) in [6.45, 7) is 3.37. The van der Waals surface area contributed by atoms with E-state index in [0.717, 1.165) is 25.1 Å². The molecule has 0 aliphatic carbocycles. The maximum atomic E-state index is 5.39. The Bertz CT molecular complexity index is 497. The molecule has 1 aliphatic heterocycles. The molecule has 3 rings (SSSR count). The molecule has 19 heavy (non-hydrogen) atoms. The van der Waals surface area contributed by atoms with Crippen LogP contribution in [-0.4, -0.2) is 16.1 Å². The standard InChI is InChI=1S/C15H21N3O/c1-12(6-7-13-4-3-9-19-13)18-11-16-10-15(18)14-5-2-8-17-14/h3-4,9-12,14,17H,2,5-8H2,1H3. The number of hydrogen-bond donors (Lipinski definition) is 1. The molecule has 0 spiro atoms. The normalized spacial score (nSPS) is 20.8. The van der Waals surface area contributed by atoms with Crippen LogP contribution in [0.2, 0.25) is 0 Å². The van der Waals surface area contributed by atoms with Crippen LogP contribution in [0.5, 0.6) is 0 Å². The highest BCUT2D eigenvalue weighted by molar-refractivity contribution is 5.08. The maximum Gasteiger partial charge on any atom is 0.103 e. The third-order valence-electron chi connectivity index (χ3n) is 3.98. The Hall–Kier alpha value is -1.55. The van der Waals surface area contributed by atoms with Crippen molar-refractivity contribution in [1.82, 2.24) is 14.9 Å². The molecule has 0 radical (unpaired) electrons. The van der Waals surface area contributed by atoms with Crippen molar-refractivity contribution in [3.8, 4) is 0 Å². The lowest BCUT2D eigenvalue weighted by molar-refractivity contribution is 0.434. The number of furan rings is 1. The zero-order chi connectivity index (χ0) is 13.1. The number of aromatic nitrogens is 2. The summed E-state index contributed by atoms with van der Waals surface area (Å²) in [5.74, 6) is 1.06. The molecule has 1 N–H and O–H groups in total. The molecular weight excluding hydrogens is 238 g/mol. The minimum absolute atomic E-state index is 0.449. The Morgan fingerprint density at radius 3 is 3.26 bits per heavy atom. The monoisotopic (exact) mass is 259 g/mol. The van der Waals surface area contributed by atoms with Crippen molar-refractivity contribution in [3.63, 3.8) is 0 Å². The first-order valence-corrected chi connectivity index (χ1v) is 7.12. The average molecular weight is 259 g/mol. The molecule has 0 aromatic carbocycles. The third kappa shape index (κ3) is 2.73. The second kappa shape index (κ2) is 5.61. The van der Waals surface area contributed by atoms with Gasteiger partial charge in [-0.1, -0.05) is 0 Å². The summed E-state index contributed by atoms with van der Waals surface area (Å²) in [5.41, 5.74) is 1.32. The van der Waals surface area contributed by atoms with Crippen LogP contribution in [0.3, 0.4) is 0 Å². The Morgan fingerprint density at radius 1 is 1.58 bits per heavy atom. The van der Waals surface area contributed by atoms with Crippen molar-refractivity contribution in [1.29, 1.82) is 0 Å². The van der Waals surface area contributed by atoms with Crippen molar-refractivity contribution >= 4 is 0 Å². The van der Waals surface area contributed by atoms with Crippen LogP contribution >= 0.6 is 0 Å². The van der Waals surface area contributed by atoms with Gasteiger partial charge in [0.1, 0.15) is 5.76 Å². The van der Waals surface area contributed by atoms with Crippen LogP contribution < -0.4 is 5.32 Å². The molecule has 4 nitrogen and oxygen atoms in total. The number of imidazole rings is 1. The third-order valence-corrected chi connectivity index (χ3v) is 3.98. The van der Waals surface area contributed by atoms with E-state index in [1.807, 2.05) is 24.7 Å². The van der Waals surface area contributed by atoms with E-state index < -0.39 is 0 Å². The van der Waals surface area contributed by atoms with Gasteiger partial charge in [0.15, 0.2) is 0 Å². The van der Waals surface area contributed by atoms with Crippen molar-refractivity contribution in [2.45, 2.75) is 44.7 Å². The van der Waals surface area contributed by atoms with Gasteiger partial charge in [-0.15, -0.1) is 0 Å². The van der Waals surface area contributed by atoms with Crippen LogP contribution in [0, 0.1) is 0 Å². The quantitative estimate of drug-likeness (QED) is 0.897. The summed E-state index contributed by atoms with van der Waals surface area (Å²) < 4.78 is 7.71. The molecule has 3 heterocycles. The van der Waals surface area contributed by atoms with E-state index >= 15 is 0 Å². The molecule has 0 bridgehead atoms. The number of nitrogens with zero attached hydrogens (tertiary/aromatic N) is 2. The summed E-state index contributed by atoms with van der Waals surface area (Å²) in [7, 11) is 0. The Balaban J connectivity index is 1.66. The van der Waals surface area contributed by atoms with Gasteiger partial charge in [0.25, 0.3) is 0 Å². The Morgan fingerprint density at radius 2 is 2.53 bits per heavy atom. The molecule has 0 saturated carbocycles. The molecule has 1 fully saturated rings. The van der Waals surface area contributed by atoms with Gasteiger partial charge in [-0.25, -0.2) is 4.98 Å². The van der Waals surface area contributed by atoms with E-state index in [1.165, 1.54) is 18.5 Å². The second-order valence-corrected chi connectivity index (χ2v) is 5.34. The highest BCUT2D eigenvalue weighted by atomic mass is 16.3. The van der Waals surface area contributed by atoms with Gasteiger partial charge in [0, 0.05) is 24.7 Å². The van der Waals surface area contributed by atoms with Crippen LogP contribution in [0.4, 0.5) is 0 Å². The van der Waals surface area contributed by atoms with Gasteiger partial charge in [-0.05, 0) is 44.9 Å². The fourth-order valence-electron chi connectivity index (χ4n) is 2.84. The summed E-state index contributed by atoms with van der Waals surface area (Å²) in [5, 5.41) is 3.54. The molecule has 2 aromatic rings. The highest BCUT2D eigenvalue weighted by Crippen LogP contribution is 2.26. The van der Waals surface area contributed by atoms with E-state index in [1.54, 1.807) is 6.26 Å². The fourth-order valence-corrected chi connectivity index (χ4v) is 2.84. The van der Waals surface area contributed by atoms with Crippen molar-refractivity contribution in [3.05, 3.63) is 42.4 Å². The van der Waals surface area contributed by atoms with Crippen molar-refractivity contribution in [2.75, 3.05) is 6.54 Å². The number of aryl methyl sites for hydroxylation is 1. The lowest BCUT2D eigenvalue weighted by atomic mass is 10.1. The van der Waals surface area contributed by atoms with Crippen LogP contribution in [0.1, 0.15) is 49.7 Å². The first-order valence-electron chi connectivity index (χ1n) is 7.12. The highest BCUT2D eigenvalue weighted by Gasteiger charge is 2.21. The summed E-state index contributed by atoms with van der Waals surface area (Å²) in [6, 6.07) is 4.92. The number of nitrogens with one attached hydrogen (secondary N) is 1. The Kier molecular flexibility index (Phi) is 3.69. The SMILES string of the molecule is CC(CCc1ccco1)n1cncc1C1CCCN1. The molecule has 102 valence electrons. The zero-order valence-corrected chi connectivity index (χ0v) is 11.4. The van der Waals surface area contributed by atoms with Gasteiger partial charge >= 0.3 is 0 Å². The largest absolute Gasteiger partial charge is 0.469 e. The van der Waals surface area contributed by atoms with E-state index in [0.29, 0.717) is 12.1 Å². The molecule has 1 aliphatic rings. The molecular formula is C15H21N3O. The van der Waals surface area contributed by atoms with Gasteiger partial charge in [0.2, 0.25) is 0 Å². The minimum Gasteiger partial charge on any atom is -0.469 e. The molecule has 2 aromatic heterocycles. The molecule has 0 amide bonds. The summed E-state index contributed by atoms with van der Waals surface area (Å²) in [4.78, 5) is 4.33. The van der Waals surface area contributed by atoms with E-state index in [2.05, 4.69) is 21.8 Å². The summed E-state index contributed by atoms with van der Waals surface area (Å²) >= 11 is 0. The maximum absolute atomic E-state index is 5.39. The van der Waals surface area contributed by atoms with Crippen LogP contribution in [0.25, 0.3) is 0 Å². The molecule has 2 atom stereocenters. The van der Waals surface area contributed by atoms with Crippen LogP contribution in [-0.2, 0) is 6.42 Å². The van der Waals surface area contributed by atoms with E-state index in [-0.39, 0.29) is 0 Å². The first-order chi connectivity index (χ1) is 9.34. The van der Waals surface area contributed by atoms with E-state index in [4.69, 9.17) is 4.42 Å². The lowest BCUT2D eigenvalue weighted by Gasteiger charge is -2.19. The van der Waals surface area contributed by atoms with Gasteiger partial charge in [-0.2, -0.15) is 0 Å². The van der Waals surface area contributed by atoms with Crippen molar-refractivity contribution in [2.24, 2.45) is 0 Å². The molecule has 1 saturated heterocycles. The molecule has 2 unspecified atom stereocenters. The Labute approximate surface area is 113 Å². The van der Waals surface area contributed by atoms with Crippen molar-refractivity contribution < 1.29 is 4.42 Å². The van der Waals surface area contributed by atoms with Gasteiger partial charge < -0.3 is 14.3 Å². The fraction of sp³-hybridized carbons (Fsp3) is 0.533. The molecule has 4 heteroatoms. The predicted molar refractivity (Wildman–Crippen MR) is 73.9 cm³/mol. The average Bonchev–Trinajstić information content (AvgIpc) is 3.14. The predicted octanol–water partition coefficient (Wildman–Crippen LogP) is 3.09. The zero-order valence-electron chi connectivity index (χ0n) is 11.4. The lowest BCUT2D eigenvalue weighted by Crippen LogP contribution is -2.18. The summed E-state index contributed by atoms with van der Waals surface area (Å²) in [6.07, 6.45) is 10.2.